The van der Waals surface area contributed by atoms with E-state index in [0.717, 1.165) is 49.2 Å². The van der Waals surface area contributed by atoms with Crippen molar-refractivity contribution in [3.05, 3.63) is 23.0 Å². The second-order valence-electron chi connectivity index (χ2n) is 6.46. The topological polar surface area (TPSA) is 55.2 Å². The Kier molecular flexibility index (Phi) is 3.78. The van der Waals surface area contributed by atoms with Crippen LogP contribution in [0.1, 0.15) is 61.6 Å². The van der Waals surface area contributed by atoms with Crippen molar-refractivity contribution in [2.45, 2.75) is 64.1 Å². The van der Waals surface area contributed by atoms with Gasteiger partial charge in [0.15, 0.2) is 0 Å². The lowest BCUT2D eigenvalue weighted by molar-refractivity contribution is -0.113. The number of hydrogen-bond acceptors (Lipinski definition) is 4. The highest BCUT2D eigenvalue weighted by Crippen LogP contribution is 2.45. The van der Waals surface area contributed by atoms with Gasteiger partial charge in [-0.25, -0.2) is 0 Å². The molecule has 3 rings (SSSR count). The van der Waals surface area contributed by atoms with E-state index in [0.29, 0.717) is 0 Å². The van der Waals surface area contributed by atoms with E-state index in [4.69, 9.17) is 4.74 Å². The van der Waals surface area contributed by atoms with Crippen molar-refractivity contribution in [1.82, 2.24) is 10.2 Å². The molecule has 2 heterocycles. The van der Waals surface area contributed by atoms with Crippen molar-refractivity contribution in [2.24, 2.45) is 5.92 Å². The molecule has 0 radical (unpaired) electrons. The monoisotopic (exact) mass is 276 g/mol. The Hall–Kier alpha value is -1.00. The van der Waals surface area contributed by atoms with Crippen LogP contribution in [0.2, 0.25) is 0 Å². The van der Waals surface area contributed by atoms with E-state index < -0.39 is 6.10 Å². The highest BCUT2D eigenvalue weighted by molar-refractivity contribution is 5.23. The predicted molar refractivity (Wildman–Crippen MR) is 76.3 cm³/mol. The van der Waals surface area contributed by atoms with Gasteiger partial charge < -0.3 is 9.84 Å². The first-order valence-corrected chi connectivity index (χ1v) is 7.72. The number of aliphatic hydroxyl groups excluding tert-OH is 1. The van der Waals surface area contributed by atoms with E-state index in [-0.39, 0.29) is 11.5 Å². The largest absolute Gasteiger partial charge is 0.388 e. The number of nitrogens with zero attached hydrogens (tertiary/aromatic N) is 2. The fourth-order valence-corrected chi connectivity index (χ4v) is 3.83. The van der Waals surface area contributed by atoms with E-state index >= 15 is 0 Å². The number of hydrogen-bond donors (Lipinski definition) is 1. The average Bonchev–Trinajstić information content (AvgIpc) is 2.88. The molecule has 1 aliphatic heterocycles. The zero-order chi connectivity index (χ0) is 14.2. The smallest absolute Gasteiger partial charge is 0.0838 e. The Bertz CT molecular complexity index is 483. The summed E-state index contributed by atoms with van der Waals surface area (Å²) < 4.78 is 6.06. The summed E-state index contributed by atoms with van der Waals surface area (Å²) in [5, 5.41) is 19.0. The molecule has 2 fully saturated rings. The standard InChI is InChI=1S/C16H24N2O2/c1-11-9-14(12(2)18-17-11)15(19)13-5-8-20-16(10-13)6-3-4-7-16/h9,13,15,19H,3-8,10H2,1-2H3. The van der Waals surface area contributed by atoms with Crippen LogP contribution in [0.5, 0.6) is 0 Å². The molecule has 1 aromatic rings. The molecule has 1 saturated heterocycles. The highest BCUT2D eigenvalue weighted by atomic mass is 16.5. The third kappa shape index (κ3) is 2.59. The van der Waals surface area contributed by atoms with Crippen LogP contribution in [0.15, 0.2) is 6.07 Å². The van der Waals surface area contributed by atoms with Crippen LogP contribution in [-0.4, -0.2) is 27.5 Å². The van der Waals surface area contributed by atoms with Gasteiger partial charge in [0, 0.05) is 12.2 Å². The molecule has 0 aromatic carbocycles. The van der Waals surface area contributed by atoms with Crippen molar-refractivity contribution >= 4 is 0 Å². The van der Waals surface area contributed by atoms with Crippen molar-refractivity contribution in [2.75, 3.05) is 6.61 Å². The van der Waals surface area contributed by atoms with Gasteiger partial charge >= 0.3 is 0 Å². The van der Waals surface area contributed by atoms with Crippen LogP contribution in [0.3, 0.4) is 0 Å². The van der Waals surface area contributed by atoms with Gasteiger partial charge in [0.2, 0.25) is 0 Å². The summed E-state index contributed by atoms with van der Waals surface area (Å²) in [6, 6.07) is 1.98. The molecule has 20 heavy (non-hydrogen) atoms. The van der Waals surface area contributed by atoms with Crippen LogP contribution in [0, 0.1) is 19.8 Å². The maximum absolute atomic E-state index is 10.8. The first-order chi connectivity index (χ1) is 9.60. The molecular weight excluding hydrogens is 252 g/mol. The molecule has 0 bridgehead atoms. The van der Waals surface area contributed by atoms with Gasteiger partial charge in [-0.05, 0) is 51.5 Å². The number of ether oxygens (including phenoxy) is 1. The second-order valence-corrected chi connectivity index (χ2v) is 6.46. The number of rotatable bonds is 2. The molecule has 2 atom stereocenters. The summed E-state index contributed by atoms with van der Waals surface area (Å²) in [7, 11) is 0. The van der Waals surface area contributed by atoms with Crippen molar-refractivity contribution < 1.29 is 9.84 Å². The Balaban J connectivity index is 1.79. The molecule has 1 saturated carbocycles. The maximum Gasteiger partial charge on any atom is 0.0838 e. The third-order valence-corrected chi connectivity index (χ3v) is 4.95. The zero-order valence-corrected chi connectivity index (χ0v) is 12.4. The van der Waals surface area contributed by atoms with Crippen molar-refractivity contribution in [3.63, 3.8) is 0 Å². The molecule has 2 aliphatic rings. The van der Waals surface area contributed by atoms with Crippen molar-refractivity contribution in [1.29, 1.82) is 0 Å². The molecule has 110 valence electrons. The normalized spacial score (nSPS) is 26.9. The first kappa shape index (κ1) is 14.0. The van der Waals surface area contributed by atoms with Crippen LogP contribution >= 0.6 is 0 Å². The molecule has 1 aromatic heterocycles. The fourth-order valence-electron chi connectivity index (χ4n) is 3.83. The number of aromatic nitrogens is 2. The van der Waals surface area contributed by atoms with Gasteiger partial charge in [-0.3, -0.25) is 0 Å². The van der Waals surface area contributed by atoms with Gasteiger partial charge in [0.1, 0.15) is 0 Å². The lowest BCUT2D eigenvalue weighted by atomic mass is 9.79. The van der Waals surface area contributed by atoms with E-state index in [2.05, 4.69) is 10.2 Å². The van der Waals surface area contributed by atoms with Gasteiger partial charge in [0.25, 0.3) is 0 Å². The van der Waals surface area contributed by atoms with Gasteiger partial charge in [-0.2, -0.15) is 10.2 Å². The number of aryl methyl sites for hydroxylation is 2. The van der Waals surface area contributed by atoms with Gasteiger partial charge in [0.05, 0.1) is 23.1 Å². The van der Waals surface area contributed by atoms with E-state index in [1.807, 2.05) is 19.9 Å². The highest BCUT2D eigenvalue weighted by Gasteiger charge is 2.42. The minimum absolute atomic E-state index is 0.0489. The minimum atomic E-state index is -0.439. The van der Waals surface area contributed by atoms with Crippen LogP contribution in [0.25, 0.3) is 0 Å². The quantitative estimate of drug-likeness (QED) is 0.902. The Morgan fingerprint density at radius 3 is 2.80 bits per heavy atom. The predicted octanol–water partition coefficient (Wildman–Crippen LogP) is 2.87. The van der Waals surface area contributed by atoms with Crippen LogP contribution in [-0.2, 0) is 4.74 Å². The maximum atomic E-state index is 10.8. The van der Waals surface area contributed by atoms with E-state index in [1.165, 1.54) is 12.8 Å². The first-order valence-electron chi connectivity index (χ1n) is 7.72. The summed E-state index contributed by atoms with van der Waals surface area (Å²) in [6.07, 6.45) is 6.31. The lowest BCUT2D eigenvalue weighted by Gasteiger charge is -2.40. The molecular formula is C16H24N2O2. The molecule has 2 unspecified atom stereocenters. The molecule has 0 amide bonds. The molecule has 1 spiro atoms. The average molecular weight is 276 g/mol. The molecule has 4 heteroatoms. The zero-order valence-electron chi connectivity index (χ0n) is 12.4. The molecule has 4 nitrogen and oxygen atoms in total. The third-order valence-electron chi connectivity index (χ3n) is 4.95. The molecule has 1 N–H and O–H groups in total. The van der Waals surface area contributed by atoms with Gasteiger partial charge in [-0.15, -0.1) is 0 Å². The Morgan fingerprint density at radius 1 is 1.30 bits per heavy atom. The summed E-state index contributed by atoms with van der Waals surface area (Å²) in [5.74, 6) is 0.282. The van der Waals surface area contributed by atoms with E-state index in [9.17, 15) is 5.11 Å². The number of aliphatic hydroxyl groups is 1. The second kappa shape index (κ2) is 5.41. The summed E-state index contributed by atoms with van der Waals surface area (Å²) in [4.78, 5) is 0. The molecule has 1 aliphatic carbocycles. The summed E-state index contributed by atoms with van der Waals surface area (Å²) in [5.41, 5.74) is 2.70. The van der Waals surface area contributed by atoms with Crippen LogP contribution < -0.4 is 0 Å². The van der Waals surface area contributed by atoms with Gasteiger partial charge in [-0.1, -0.05) is 12.8 Å². The summed E-state index contributed by atoms with van der Waals surface area (Å²) in [6.45, 7) is 4.62. The Labute approximate surface area is 120 Å². The SMILES string of the molecule is Cc1cc(C(O)C2CCOC3(CCCC3)C2)c(C)nn1. The minimum Gasteiger partial charge on any atom is -0.388 e. The fraction of sp³-hybridized carbons (Fsp3) is 0.750. The summed E-state index contributed by atoms with van der Waals surface area (Å²) >= 11 is 0. The van der Waals surface area contributed by atoms with Crippen molar-refractivity contribution in [3.8, 4) is 0 Å². The Morgan fingerprint density at radius 2 is 2.05 bits per heavy atom. The van der Waals surface area contributed by atoms with Crippen LogP contribution in [0.4, 0.5) is 0 Å². The lowest BCUT2D eigenvalue weighted by Crippen LogP contribution is -2.39. The van der Waals surface area contributed by atoms with E-state index in [1.54, 1.807) is 0 Å².